The molecule has 2 aromatic rings. The van der Waals surface area contributed by atoms with E-state index in [1.54, 1.807) is 57.2 Å². The number of aliphatic hydroxyl groups is 1. The molecule has 4 rings (SSSR count). The van der Waals surface area contributed by atoms with Crippen LogP contribution in [-0.2, 0) is 16.1 Å². The average Bonchev–Trinajstić information content (AvgIpc) is 2.90. The maximum atomic E-state index is 13.6. The molecule has 4 N–H and O–H groups in total. The first kappa shape index (κ1) is 18.8. The number of carbonyl (C=O) groups excluding carboxylic acids is 2. The fourth-order valence-corrected chi connectivity index (χ4v) is 4.14. The Morgan fingerprint density at radius 2 is 1.96 bits per heavy atom. The van der Waals surface area contributed by atoms with Crippen LogP contribution < -0.4 is 15.8 Å². The van der Waals surface area contributed by atoms with Gasteiger partial charge in [-0.2, -0.15) is 0 Å². The van der Waals surface area contributed by atoms with Crippen molar-refractivity contribution in [1.29, 1.82) is 0 Å². The minimum atomic E-state index is -2.16. The number of nitrogens with one attached hydrogen (secondary N) is 1. The fraction of sp³-hybridized carbons (Fsp3) is 0.300. The van der Waals surface area contributed by atoms with E-state index in [1.165, 1.54) is 0 Å². The predicted octanol–water partition coefficient (Wildman–Crippen LogP) is 3.19. The quantitative estimate of drug-likeness (QED) is 0.580. The van der Waals surface area contributed by atoms with E-state index in [-0.39, 0.29) is 22.6 Å². The molecule has 0 fully saturated rings. The summed E-state index contributed by atoms with van der Waals surface area (Å²) >= 11 is 3.35. The second-order valence-electron chi connectivity index (χ2n) is 7.86. The van der Waals surface area contributed by atoms with Crippen molar-refractivity contribution in [2.24, 2.45) is 0 Å². The number of rotatable bonds is 1. The highest BCUT2D eigenvalue weighted by Gasteiger charge is 2.72. The molecule has 8 heteroatoms. The van der Waals surface area contributed by atoms with Gasteiger partial charge in [0.1, 0.15) is 11.4 Å². The summed E-state index contributed by atoms with van der Waals surface area (Å²) in [7, 11) is 0. The number of halogens is 1. The molecule has 0 radical (unpaired) electrons. The molecule has 28 heavy (non-hydrogen) atoms. The number of nitrogens with two attached hydrogens (primary N) is 1. The highest BCUT2D eigenvalue weighted by atomic mass is 79.9. The smallest absolute Gasteiger partial charge is 0.408 e. The lowest BCUT2D eigenvalue weighted by Gasteiger charge is -2.35. The second kappa shape index (κ2) is 5.71. The normalized spacial score (nSPS) is 24.8. The summed E-state index contributed by atoms with van der Waals surface area (Å²) in [6.45, 7) is 5.11. The largest absolute Gasteiger partial charge is 0.454 e. The number of hydrogen-bond acceptors (Lipinski definition) is 6. The molecule has 2 atom stereocenters. The lowest BCUT2D eigenvalue weighted by Crippen LogP contribution is -2.60. The minimum Gasteiger partial charge on any atom is -0.454 e. The predicted molar refractivity (Wildman–Crippen MR) is 105 cm³/mol. The number of fused-ring (bicyclic) bond motifs is 5. The molecule has 1 aliphatic carbocycles. The van der Waals surface area contributed by atoms with Crippen molar-refractivity contribution in [3.05, 3.63) is 57.6 Å². The maximum Gasteiger partial charge on any atom is 0.408 e. The molecule has 0 unspecified atom stereocenters. The summed E-state index contributed by atoms with van der Waals surface area (Å²) in [5.74, 6) is -2.45. The van der Waals surface area contributed by atoms with E-state index in [9.17, 15) is 14.7 Å². The summed E-state index contributed by atoms with van der Waals surface area (Å²) in [6.07, 6.45) is -0.856. The Hall–Kier alpha value is -2.58. The van der Waals surface area contributed by atoms with Crippen molar-refractivity contribution < 1.29 is 24.2 Å². The van der Waals surface area contributed by atoms with E-state index in [0.717, 1.165) is 0 Å². The van der Waals surface area contributed by atoms with Crippen LogP contribution >= 0.6 is 15.9 Å². The molecule has 0 saturated heterocycles. The standard InChI is InChI=1S/C20H19BrN2O5/c1-18(2,3)28-17(25)23-19-11-8-7-10(21)9-14(11)27-20(19,26)12-5-4-6-13(22)15(12)16(19)24/h4-9,26H,22H2,1-3H3,(H,23,25)/t19-,20-/m1/s1. The van der Waals surface area contributed by atoms with Crippen LogP contribution in [-0.4, -0.2) is 22.6 Å². The van der Waals surface area contributed by atoms with Gasteiger partial charge in [-0.3, -0.25) is 10.1 Å². The summed E-state index contributed by atoms with van der Waals surface area (Å²) in [4.78, 5) is 26.2. The van der Waals surface area contributed by atoms with Crippen LogP contribution in [0.5, 0.6) is 5.75 Å². The van der Waals surface area contributed by atoms with Crippen LogP contribution in [0, 0.1) is 0 Å². The van der Waals surface area contributed by atoms with E-state index in [1.807, 2.05) is 0 Å². The van der Waals surface area contributed by atoms with Gasteiger partial charge in [-0.25, -0.2) is 4.79 Å². The SMILES string of the molecule is CC(C)(C)OC(=O)N[C@]12C(=O)c3c(N)cccc3[C@@]1(O)Oc1cc(Br)ccc12. The summed E-state index contributed by atoms with van der Waals surface area (Å²) < 4.78 is 11.9. The first-order valence-corrected chi connectivity index (χ1v) is 9.45. The van der Waals surface area contributed by atoms with Crippen LogP contribution in [0.25, 0.3) is 0 Å². The number of amides is 1. The van der Waals surface area contributed by atoms with E-state index in [4.69, 9.17) is 15.2 Å². The molecule has 1 heterocycles. The molecule has 2 aromatic carbocycles. The Bertz CT molecular complexity index is 1030. The third kappa shape index (κ3) is 2.37. The van der Waals surface area contributed by atoms with E-state index in [0.29, 0.717) is 10.0 Å². The van der Waals surface area contributed by atoms with E-state index < -0.39 is 28.8 Å². The zero-order chi connectivity index (χ0) is 20.5. The molecule has 1 aliphatic heterocycles. The van der Waals surface area contributed by atoms with Crippen molar-refractivity contribution in [2.75, 3.05) is 5.73 Å². The average molecular weight is 447 g/mol. The maximum absolute atomic E-state index is 13.6. The molecule has 0 spiro atoms. The molecule has 1 amide bonds. The molecular formula is C20H19BrN2O5. The lowest BCUT2D eigenvalue weighted by atomic mass is 9.83. The van der Waals surface area contributed by atoms with Crippen LogP contribution in [0.2, 0.25) is 0 Å². The Kier molecular flexibility index (Phi) is 3.83. The van der Waals surface area contributed by atoms with Crippen LogP contribution in [0.1, 0.15) is 42.3 Å². The van der Waals surface area contributed by atoms with Gasteiger partial charge in [0.15, 0.2) is 0 Å². The van der Waals surface area contributed by atoms with Crippen molar-refractivity contribution in [3.63, 3.8) is 0 Å². The first-order valence-electron chi connectivity index (χ1n) is 8.66. The van der Waals surface area contributed by atoms with Crippen LogP contribution in [0.3, 0.4) is 0 Å². The highest BCUT2D eigenvalue weighted by molar-refractivity contribution is 9.10. The van der Waals surface area contributed by atoms with E-state index in [2.05, 4.69) is 21.2 Å². The zero-order valence-electron chi connectivity index (χ0n) is 15.5. The van der Waals surface area contributed by atoms with Crippen molar-refractivity contribution in [3.8, 4) is 5.75 Å². The number of ketones is 1. The first-order chi connectivity index (χ1) is 13.0. The Balaban J connectivity index is 1.94. The molecule has 0 saturated carbocycles. The molecule has 2 aliphatic rings. The molecule has 146 valence electrons. The minimum absolute atomic E-state index is 0.120. The number of anilines is 1. The summed E-state index contributed by atoms with van der Waals surface area (Å²) in [6, 6.07) is 9.68. The van der Waals surface area contributed by atoms with Gasteiger partial charge in [0.25, 0.3) is 5.79 Å². The monoisotopic (exact) mass is 446 g/mol. The van der Waals surface area contributed by atoms with Gasteiger partial charge in [0.05, 0.1) is 5.56 Å². The summed E-state index contributed by atoms with van der Waals surface area (Å²) in [5, 5.41) is 14.2. The zero-order valence-corrected chi connectivity index (χ0v) is 17.1. The molecule has 0 aromatic heterocycles. The molecular weight excluding hydrogens is 428 g/mol. The van der Waals surface area contributed by atoms with Crippen molar-refractivity contribution >= 4 is 33.5 Å². The lowest BCUT2D eigenvalue weighted by molar-refractivity contribution is -0.170. The number of benzene rings is 2. The van der Waals surface area contributed by atoms with Crippen molar-refractivity contribution in [2.45, 2.75) is 37.7 Å². The topological polar surface area (TPSA) is 111 Å². The third-order valence-corrected chi connectivity index (χ3v) is 5.32. The number of hydrogen-bond donors (Lipinski definition) is 3. The summed E-state index contributed by atoms with van der Waals surface area (Å²) in [5.41, 5.74) is 4.14. The van der Waals surface area contributed by atoms with Gasteiger partial charge < -0.3 is 20.3 Å². The Morgan fingerprint density at radius 1 is 1.25 bits per heavy atom. The molecule has 0 bridgehead atoms. The van der Waals surface area contributed by atoms with Gasteiger partial charge >= 0.3 is 6.09 Å². The molecule has 7 nitrogen and oxygen atoms in total. The number of ether oxygens (including phenoxy) is 2. The van der Waals surface area contributed by atoms with Crippen molar-refractivity contribution in [1.82, 2.24) is 5.32 Å². The van der Waals surface area contributed by atoms with Gasteiger partial charge in [0.2, 0.25) is 11.3 Å². The van der Waals surface area contributed by atoms with Gasteiger partial charge in [-0.15, -0.1) is 0 Å². The van der Waals surface area contributed by atoms with Crippen LogP contribution in [0.4, 0.5) is 10.5 Å². The number of Topliss-reactive ketones (excluding diaryl/α,β-unsaturated/α-hetero) is 1. The third-order valence-electron chi connectivity index (χ3n) is 4.83. The van der Waals surface area contributed by atoms with Gasteiger partial charge in [-0.1, -0.05) is 34.1 Å². The second-order valence-corrected chi connectivity index (χ2v) is 8.78. The van der Waals surface area contributed by atoms with E-state index >= 15 is 0 Å². The highest BCUT2D eigenvalue weighted by Crippen LogP contribution is 2.59. The fourth-order valence-electron chi connectivity index (χ4n) is 3.80. The Labute approximate surface area is 169 Å². The van der Waals surface area contributed by atoms with Gasteiger partial charge in [-0.05, 0) is 39.0 Å². The number of nitrogen functional groups attached to an aromatic ring is 1. The number of alkyl carbamates (subject to hydrolysis) is 1. The Morgan fingerprint density at radius 3 is 2.64 bits per heavy atom. The van der Waals surface area contributed by atoms with Crippen LogP contribution in [0.15, 0.2) is 40.9 Å². The van der Waals surface area contributed by atoms with Gasteiger partial charge in [0, 0.05) is 21.3 Å². The number of carbonyl (C=O) groups is 2.